The number of alkyl halides is 3. The predicted octanol–water partition coefficient (Wildman–Crippen LogP) is 4.53. The second-order valence-corrected chi connectivity index (χ2v) is 5.77. The third-order valence-electron chi connectivity index (χ3n) is 3.32. The SMILES string of the molecule is CCNC(Cc1ccc(C(F)(F)F)cc1)Cc1ccsc1. The summed E-state index contributed by atoms with van der Waals surface area (Å²) in [5, 5.41) is 7.54. The molecule has 5 heteroatoms. The van der Waals surface area contributed by atoms with E-state index in [0.29, 0.717) is 0 Å². The molecule has 0 aliphatic carbocycles. The van der Waals surface area contributed by atoms with Crippen molar-refractivity contribution in [1.29, 1.82) is 0 Å². The van der Waals surface area contributed by atoms with Crippen molar-refractivity contribution in [3.05, 3.63) is 57.8 Å². The van der Waals surface area contributed by atoms with Gasteiger partial charge in [0, 0.05) is 6.04 Å². The lowest BCUT2D eigenvalue weighted by atomic mass is 9.99. The molecule has 1 aromatic carbocycles. The second-order valence-electron chi connectivity index (χ2n) is 4.99. The van der Waals surface area contributed by atoms with E-state index in [1.54, 1.807) is 23.5 Å². The highest BCUT2D eigenvalue weighted by Gasteiger charge is 2.29. The number of hydrogen-bond acceptors (Lipinski definition) is 2. The zero-order valence-corrected chi connectivity index (χ0v) is 12.6. The van der Waals surface area contributed by atoms with Crippen LogP contribution in [0.2, 0.25) is 0 Å². The van der Waals surface area contributed by atoms with Crippen LogP contribution in [0.15, 0.2) is 41.1 Å². The number of halogens is 3. The van der Waals surface area contributed by atoms with Crippen LogP contribution in [0, 0.1) is 0 Å². The van der Waals surface area contributed by atoms with E-state index in [0.717, 1.165) is 37.1 Å². The van der Waals surface area contributed by atoms with Gasteiger partial charge in [0.05, 0.1) is 5.56 Å². The quantitative estimate of drug-likeness (QED) is 0.826. The number of likely N-dealkylation sites (N-methyl/N-ethyl adjacent to an activating group) is 1. The lowest BCUT2D eigenvalue weighted by Crippen LogP contribution is -2.32. The van der Waals surface area contributed by atoms with Gasteiger partial charge in [-0.15, -0.1) is 0 Å². The minimum atomic E-state index is -4.27. The lowest BCUT2D eigenvalue weighted by molar-refractivity contribution is -0.137. The van der Waals surface area contributed by atoms with Crippen molar-refractivity contribution in [2.75, 3.05) is 6.54 Å². The van der Waals surface area contributed by atoms with Gasteiger partial charge in [-0.25, -0.2) is 0 Å². The van der Waals surface area contributed by atoms with Crippen LogP contribution in [0.5, 0.6) is 0 Å². The van der Waals surface area contributed by atoms with Gasteiger partial charge in [0.25, 0.3) is 0 Å². The first kappa shape index (κ1) is 16.0. The second kappa shape index (κ2) is 7.09. The maximum absolute atomic E-state index is 12.5. The van der Waals surface area contributed by atoms with Gasteiger partial charge in [0.15, 0.2) is 0 Å². The van der Waals surface area contributed by atoms with Crippen LogP contribution < -0.4 is 5.32 Å². The summed E-state index contributed by atoms with van der Waals surface area (Å²) in [7, 11) is 0. The van der Waals surface area contributed by atoms with Crippen LogP contribution >= 0.6 is 11.3 Å². The zero-order chi connectivity index (χ0) is 15.3. The molecule has 0 bridgehead atoms. The largest absolute Gasteiger partial charge is 0.416 e. The van der Waals surface area contributed by atoms with E-state index in [4.69, 9.17) is 0 Å². The minimum absolute atomic E-state index is 0.237. The number of hydrogen-bond donors (Lipinski definition) is 1. The zero-order valence-electron chi connectivity index (χ0n) is 11.8. The van der Waals surface area contributed by atoms with Crippen molar-refractivity contribution in [1.82, 2.24) is 5.32 Å². The Hall–Kier alpha value is -1.33. The van der Waals surface area contributed by atoms with Gasteiger partial charge in [-0.2, -0.15) is 24.5 Å². The normalized spacial score (nSPS) is 13.3. The van der Waals surface area contributed by atoms with Crippen LogP contribution in [0.25, 0.3) is 0 Å². The van der Waals surface area contributed by atoms with Crippen molar-refractivity contribution in [3.63, 3.8) is 0 Å². The molecule has 2 aromatic rings. The van der Waals surface area contributed by atoms with Crippen molar-refractivity contribution < 1.29 is 13.2 Å². The Balaban J connectivity index is 2.02. The molecule has 21 heavy (non-hydrogen) atoms. The Morgan fingerprint density at radius 1 is 1.05 bits per heavy atom. The molecule has 1 aromatic heterocycles. The molecule has 0 spiro atoms. The fourth-order valence-corrected chi connectivity index (χ4v) is 2.99. The number of rotatable bonds is 6. The minimum Gasteiger partial charge on any atom is -0.314 e. The summed E-state index contributed by atoms with van der Waals surface area (Å²) < 4.78 is 37.6. The van der Waals surface area contributed by atoms with Crippen LogP contribution in [0.4, 0.5) is 13.2 Å². The maximum Gasteiger partial charge on any atom is 0.416 e. The molecular weight excluding hydrogens is 295 g/mol. The summed E-state index contributed by atoms with van der Waals surface area (Å²) in [6.07, 6.45) is -2.66. The summed E-state index contributed by atoms with van der Waals surface area (Å²) >= 11 is 1.66. The molecule has 0 fully saturated rings. The third kappa shape index (κ3) is 4.86. The first-order valence-electron chi connectivity index (χ1n) is 6.89. The average Bonchev–Trinajstić information content (AvgIpc) is 2.91. The van der Waals surface area contributed by atoms with Crippen molar-refractivity contribution >= 4 is 11.3 Å². The summed E-state index contributed by atoms with van der Waals surface area (Å²) in [4.78, 5) is 0. The molecule has 1 N–H and O–H groups in total. The van der Waals surface area contributed by atoms with E-state index in [9.17, 15) is 13.2 Å². The van der Waals surface area contributed by atoms with Gasteiger partial charge in [-0.3, -0.25) is 0 Å². The van der Waals surface area contributed by atoms with Crippen LogP contribution in [0.3, 0.4) is 0 Å². The third-order valence-corrected chi connectivity index (χ3v) is 4.05. The fourth-order valence-electron chi connectivity index (χ4n) is 2.31. The molecule has 0 amide bonds. The summed E-state index contributed by atoms with van der Waals surface area (Å²) in [6.45, 7) is 2.88. The highest BCUT2D eigenvalue weighted by atomic mass is 32.1. The molecule has 0 saturated carbocycles. The standard InChI is InChI=1S/C16H18F3NS/c1-2-20-15(10-13-7-8-21-11-13)9-12-3-5-14(6-4-12)16(17,18)19/h3-8,11,15,20H,2,9-10H2,1H3. The smallest absolute Gasteiger partial charge is 0.314 e. The maximum atomic E-state index is 12.5. The average molecular weight is 313 g/mol. The first-order chi connectivity index (χ1) is 9.99. The first-order valence-corrected chi connectivity index (χ1v) is 7.84. The molecule has 1 unspecified atom stereocenters. The summed E-state index contributed by atoms with van der Waals surface area (Å²) in [5.74, 6) is 0. The van der Waals surface area contributed by atoms with Crippen LogP contribution in [0.1, 0.15) is 23.6 Å². The Kier molecular flexibility index (Phi) is 5.42. The molecule has 2 rings (SSSR count). The predicted molar refractivity (Wildman–Crippen MR) is 80.6 cm³/mol. The highest BCUT2D eigenvalue weighted by Crippen LogP contribution is 2.29. The number of benzene rings is 1. The van der Waals surface area contributed by atoms with Gasteiger partial charge in [0.2, 0.25) is 0 Å². The Morgan fingerprint density at radius 3 is 2.24 bits per heavy atom. The van der Waals surface area contributed by atoms with E-state index in [2.05, 4.69) is 16.8 Å². The molecular formula is C16H18F3NS. The van der Waals surface area contributed by atoms with Gasteiger partial charge in [-0.1, -0.05) is 19.1 Å². The van der Waals surface area contributed by atoms with Crippen molar-refractivity contribution in [3.8, 4) is 0 Å². The molecule has 1 heterocycles. The summed E-state index contributed by atoms with van der Waals surface area (Å²) in [5.41, 5.74) is 1.59. The van der Waals surface area contributed by atoms with Gasteiger partial charge < -0.3 is 5.32 Å². The van der Waals surface area contributed by atoms with Gasteiger partial charge in [-0.05, 0) is 59.5 Å². The molecule has 0 aliphatic heterocycles. The van der Waals surface area contributed by atoms with E-state index in [1.165, 1.54) is 5.56 Å². The molecule has 0 saturated heterocycles. The Bertz CT molecular complexity index is 532. The van der Waals surface area contributed by atoms with Crippen LogP contribution in [-0.4, -0.2) is 12.6 Å². The van der Waals surface area contributed by atoms with Crippen molar-refractivity contribution in [2.24, 2.45) is 0 Å². The van der Waals surface area contributed by atoms with E-state index in [-0.39, 0.29) is 6.04 Å². The molecule has 1 atom stereocenters. The fraction of sp³-hybridized carbons (Fsp3) is 0.375. The van der Waals surface area contributed by atoms with E-state index < -0.39 is 11.7 Å². The lowest BCUT2D eigenvalue weighted by Gasteiger charge is -2.18. The van der Waals surface area contributed by atoms with Gasteiger partial charge >= 0.3 is 6.18 Å². The molecule has 0 radical (unpaired) electrons. The Morgan fingerprint density at radius 2 is 1.71 bits per heavy atom. The number of nitrogens with one attached hydrogen (secondary N) is 1. The van der Waals surface area contributed by atoms with Gasteiger partial charge in [0.1, 0.15) is 0 Å². The monoisotopic (exact) mass is 313 g/mol. The highest BCUT2D eigenvalue weighted by molar-refractivity contribution is 7.07. The topological polar surface area (TPSA) is 12.0 Å². The van der Waals surface area contributed by atoms with E-state index >= 15 is 0 Å². The number of thiophene rings is 1. The molecule has 0 aliphatic rings. The molecule has 1 nitrogen and oxygen atoms in total. The Labute approximate surface area is 126 Å². The van der Waals surface area contributed by atoms with Crippen molar-refractivity contribution in [2.45, 2.75) is 32.0 Å². The van der Waals surface area contributed by atoms with Crippen LogP contribution in [-0.2, 0) is 19.0 Å². The summed E-state index contributed by atoms with van der Waals surface area (Å²) in [6, 6.07) is 7.77. The molecule has 114 valence electrons. The van der Waals surface area contributed by atoms with E-state index in [1.807, 2.05) is 12.3 Å².